The molecule has 0 radical (unpaired) electrons. The predicted molar refractivity (Wildman–Crippen MR) is 138 cm³/mol. The van der Waals surface area contributed by atoms with Gasteiger partial charge in [-0.1, -0.05) is 60.7 Å². The molecule has 6 rings (SSSR count). The van der Waals surface area contributed by atoms with Gasteiger partial charge in [-0.3, -0.25) is 0 Å². The third-order valence-corrected chi connectivity index (χ3v) is 8.27. The average molecular weight is 436 g/mol. The Morgan fingerprint density at radius 2 is 1.31 bits per heavy atom. The highest BCUT2D eigenvalue weighted by Crippen LogP contribution is 2.40. The molecule has 32 heavy (non-hydrogen) atoms. The molecule has 0 N–H and O–H groups in total. The predicted octanol–water partition coefficient (Wildman–Crippen LogP) is 7.17. The van der Waals surface area contributed by atoms with E-state index in [-0.39, 0.29) is 11.2 Å². The van der Waals surface area contributed by atoms with Crippen LogP contribution >= 0.6 is 11.3 Å². The van der Waals surface area contributed by atoms with E-state index in [0.29, 0.717) is 0 Å². The van der Waals surface area contributed by atoms with Crippen LogP contribution in [0, 0.1) is 0 Å². The summed E-state index contributed by atoms with van der Waals surface area (Å²) >= 11 is 1.86. The first-order valence-electron chi connectivity index (χ1n) is 11.1. The van der Waals surface area contributed by atoms with Crippen LogP contribution in [0.25, 0.3) is 42.1 Å². The van der Waals surface area contributed by atoms with E-state index in [9.17, 15) is 0 Å². The van der Waals surface area contributed by atoms with Gasteiger partial charge in [0.2, 0.25) is 0 Å². The molecule has 0 saturated carbocycles. The van der Waals surface area contributed by atoms with Gasteiger partial charge in [0.1, 0.15) is 0 Å². The van der Waals surface area contributed by atoms with E-state index in [4.69, 9.17) is 9.31 Å². The number of rotatable bonds is 2. The van der Waals surface area contributed by atoms with Crippen molar-refractivity contribution in [3.63, 3.8) is 0 Å². The topological polar surface area (TPSA) is 18.5 Å². The lowest BCUT2D eigenvalue weighted by molar-refractivity contribution is 0.00578. The summed E-state index contributed by atoms with van der Waals surface area (Å²) in [5.74, 6) is 0. The molecule has 0 atom stereocenters. The second kappa shape index (κ2) is 6.92. The van der Waals surface area contributed by atoms with Crippen LogP contribution in [-0.4, -0.2) is 18.3 Å². The molecule has 1 aromatic heterocycles. The fourth-order valence-electron chi connectivity index (χ4n) is 4.65. The minimum atomic E-state index is -0.392. The number of thiophene rings is 1. The van der Waals surface area contributed by atoms with E-state index < -0.39 is 7.12 Å². The van der Waals surface area contributed by atoms with E-state index in [2.05, 4.69) is 107 Å². The Bertz CT molecular complexity index is 1480. The maximum absolute atomic E-state index is 6.42. The van der Waals surface area contributed by atoms with Crippen molar-refractivity contribution in [3.05, 3.63) is 78.9 Å². The van der Waals surface area contributed by atoms with Crippen molar-refractivity contribution >= 4 is 54.9 Å². The summed E-state index contributed by atoms with van der Waals surface area (Å²) < 4.78 is 15.5. The molecule has 0 unspecified atom stereocenters. The summed E-state index contributed by atoms with van der Waals surface area (Å²) in [7, 11) is -0.392. The Labute approximate surface area is 192 Å². The van der Waals surface area contributed by atoms with Crippen molar-refractivity contribution in [2.75, 3.05) is 0 Å². The summed E-state index contributed by atoms with van der Waals surface area (Å²) in [4.78, 5) is 0. The van der Waals surface area contributed by atoms with Crippen molar-refractivity contribution < 1.29 is 9.31 Å². The van der Waals surface area contributed by atoms with Gasteiger partial charge in [-0.05, 0) is 73.3 Å². The molecule has 0 spiro atoms. The van der Waals surface area contributed by atoms with Gasteiger partial charge in [0.15, 0.2) is 0 Å². The molecule has 1 fully saturated rings. The lowest BCUT2D eigenvalue weighted by Crippen LogP contribution is -2.41. The van der Waals surface area contributed by atoms with Gasteiger partial charge < -0.3 is 9.31 Å². The molecule has 1 saturated heterocycles. The van der Waals surface area contributed by atoms with Gasteiger partial charge in [-0.15, -0.1) is 11.3 Å². The van der Waals surface area contributed by atoms with Crippen molar-refractivity contribution in [3.8, 4) is 11.1 Å². The van der Waals surface area contributed by atoms with Crippen LogP contribution in [-0.2, 0) is 9.31 Å². The van der Waals surface area contributed by atoms with Crippen LogP contribution in [0.4, 0.5) is 0 Å². The van der Waals surface area contributed by atoms with Crippen molar-refractivity contribution in [1.29, 1.82) is 0 Å². The maximum Gasteiger partial charge on any atom is 0.495 e. The standard InChI is InChI=1S/C28H25BO2S/c1-27(2)28(3,4)31-29(30-27)24-14-7-5-11-20(24)19-13-9-10-18-16-26-23(17-22(18)19)21-12-6-8-15-25(21)32-26/h5-17H,1-4H3. The summed E-state index contributed by atoms with van der Waals surface area (Å²) in [6, 6.07) is 28.4. The highest BCUT2D eigenvalue weighted by Gasteiger charge is 2.52. The summed E-state index contributed by atoms with van der Waals surface area (Å²) in [5.41, 5.74) is 2.71. The van der Waals surface area contributed by atoms with Crippen molar-refractivity contribution in [2.24, 2.45) is 0 Å². The van der Waals surface area contributed by atoms with Crippen LogP contribution in [0.1, 0.15) is 27.7 Å². The molecule has 1 aliphatic heterocycles. The largest absolute Gasteiger partial charge is 0.495 e. The van der Waals surface area contributed by atoms with E-state index in [1.165, 1.54) is 36.5 Å². The molecule has 1 aliphatic rings. The second-order valence-electron chi connectivity index (χ2n) is 9.65. The first-order valence-corrected chi connectivity index (χ1v) is 11.9. The minimum absolute atomic E-state index is 0.370. The molecule has 2 heterocycles. The average Bonchev–Trinajstić information content (AvgIpc) is 3.24. The molecule has 0 amide bonds. The first-order chi connectivity index (χ1) is 15.3. The van der Waals surface area contributed by atoms with Gasteiger partial charge in [0, 0.05) is 20.2 Å². The summed E-state index contributed by atoms with van der Waals surface area (Å²) in [5, 5.41) is 5.15. The molecule has 4 heteroatoms. The molecular formula is C28H25BO2S. The van der Waals surface area contributed by atoms with E-state index in [0.717, 1.165) is 11.0 Å². The quantitative estimate of drug-likeness (QED) is 0.273. The molecule has 5 aromatic rings. The molecule has 158 valence electrons. The smallest absolute Gasteiger partial charge is 0.399 e. The maximum atomic E-state index is 6.42. The van der Waals surface area contributed by atoms with Crippen LogP contribution < -0.4 is 5.46 Å². The zero-order chi connectivity index (χ0) is 22.1. The fourth-order valence-corrected chi connectivity index (χ4v) is 5.78. The highest BCUT2D eigenvalue weighted by molar-refractivity contribution is 7.25. The molecule has 2 nitrogen and oxygen atoms in total. The Balaban J connectivity index is 1.57. The Kier molecular flexibility index (Phi) is 4.32. The summed E-state index contributed by atoms with van der Waals surface area (Å²) in [6.45, 7) is 8.41. The van der Waals surface area contributed by atoms with Crippen LogP contribution in [0.2, 0.25) is 0 Å². The lowest BCUT2D eigenvalue weighted by atomic mass is 9.74. The molecule has 4 aromatic carbocycles. The lowest BCUT2D eigenvalue weighted by Gasteiger charge is -2.32. The van der Waals surface area contributed by atoms with Crippen LogP contribution in [0.15, 0.2) is 78.9 Å². The van der Waals surface area contributed by atoms with Crippen LogP contribution in [0.3, 0.4) is 0 Å². The zero-order valence-corrected chi connectivity index (χ0v) is 19.6. The molecule has 0 aliphatic carbocycles. The van der Waals surface area contributed by atoms with Gasteiger partial charge in [-0.25, -0.2) is 0 Å². The number of hydrogen-bond acceptors (Lipinski definition) is 3. The zero-order valence-electron chi connectivity index (χ0n) is 18.8. The van der Waals surface area contributed by atoms with Crippen molar-refractivity contribution in [1.82, 2.24) is 0 Å². The minimum Gasteiger partial charge on any atom is -0.399 e. The van der Waals surface area contributed by atoms with E-state index >= 15 is 0 Å². The number of hydrogen-bond donors (Lipinski definition) is 0. The van der Waals surface area contributed by atoms with Crippen molar-refractivity contribution in [2.45, 2.75) is 38.9 Å². The summed E-state index contributed by atoms with van der Waals surface area (Å²) in [6.07, 6.45) is 0. The second-order valence-corrected chi connectivity index (χ2v) is 10.7. The molecule has 0 bridgehead atoms. The van der Waals surface area contributed by atoms with E-state index in [1.807, 2.05) is 11.3 Å². The Hall–Kier alpha value is -2.66. The Morgan fingerprint density at radius 1 is 0.625 bits per heavy atom. The SMILES string of the molecule is CC1(C)OB(c2ccccc2-c2cccc3cc4sc5ccccc5c4cc23)OC1(C)C. The van der Waals surface area contributed by atoms with Gasteiger partial charge in [0.25, 0.3) is 0 Å². The normalized spacial score (nSPS) is 17.6. The van der Waals surface area contributed by atoms with Crippen LogP contribution in [0.5, 0.6) is 0 Å². The van der Waals surface area contributed by atoms with Gasteiger partial charge in [0.05, 0.1) is 11.2 Å². The fraction of sp³-hybridized carbons (Fsp3) is 0.214. The first kappa shape index (κ1) is 20.0. The number of benzene rings is 4. The molecular weight excluding hydrogens is 411 g/mol. The van der Waals surface area contributed by atoms with Gasteiger partial charge >= 0.3 is 7.12 Å². The number of fused-ring (bicyclic) bond motifs is 4. The third-order valence-electron chi connectivity index (χ3n) is 7.14. The van der Waals surface area contributed by atoms with Gasteiger partial charge in [-0.2, -0.15) is 0 Å². The third kappa shape index (κ3) is 2.94. The monoisotopic (exact) mass is 436 g/mol. The Morgan fingerprint density at radius 3 is 2.12 bits per heavy atom. The van der Waals surface area contributed by atoms with E-state index in [1.54, 1.807) is 0 Å². The highest BCUT2D eigenvalue weighted by atomic mass is 32.1.